The maximum atomic E-state index is 10.3. The van der Waals surface area contributed by atoms with E-state index in [0.29, 0.717) is 6.54 Å². The fraction of sp³-hybridized carbons (Fsp3) is 0.400. The number of aryl methyl sites for hydroxylation is 2. The molecule has 0 aliphatic heterocycles. The van der Waals surface area contributed by atoms with E-state index in [1.807, 2.05) is 13.0 Å². The molecular formula is C15H21NO3. The van der Waals surface area contributed by atoms with Gasteiger partial charge in [0.15, 0.2) is 0 Å². The van der Waals surface area contributed by atoms with Gasteiger partial charge < -0.3 is 15.2 Å². The number of hydrogen-bond donors (Lipinski definition) is 2. The van der Waals surface area contributed by atoms with E-state index in [-0.39, 0.29) is 0 Å². The van der Waals surface area contributed by atoms with Crippen molar-refractivity contribution in [3.8, 4) is 5.75 Å². The second-order valence-electron chi connectivity index (χ2n) is 4.46. The van der Waals surface area contributed by atoms with Crippen LogP contribution in [0.2, 0.25) is 0 Å². The van der Waals surface area contributed by atoms with Crippen molar-refractivity contribution < 1.29 is 14.6 Å². The first-order valence-corrected chi connectivity index (χ1v) is 6.29. The van der Waals surface area contributed by atoms with Crippen LogP contribution in [0.5, 0.6) is 5.75 Å². The second-order valence-corrected chi connectivity index (χ2v) is 4.46. The number of nitrogens with one attached hydrogen (secondary N) is 1. The Kier molecular flexibility index (Phi) is 6.09. The Balaban J connectivity index is 2.51. The van der Waals surface area contributed by atoms with E-state index in [1.165, 1.54) is 16.7 Å². The summed E-state index contributed by atoms with van der Waals surface area (Å²) in [4.78, 5) is 10.3. The quantitative estimate of drug-likeness (QED) is 0.584. The zero-order valence-electron chi connectivity index (χ0n) is 11.7. The molecule has 0 spiro atoms. The number of ether oxygens (including phenoxy) is 1. The first kappa shape index (κ1) is 15.2. The molecule has 0 bridgehead atoms. The van der Waals surface area contributed by atoms with Crippen molar-refractivity contribution in [2.75, 3.05) is 20.2 Å². The van der Waals surface area contributed by atoms with Gasteiger partial charge in [0, 0.05) is 12.6 Å². The number of methoxy groups -OCH3 is 1. The number of hydrogen-bond acceptors (Lipinski definition) is 3. The molecule has 1 aromatic carbocycles. The predicted octanol–water partition coefficient (Wildman–Crippen LogP) is 2.08. The topological polar surface area (TPSA) is 58.6 Å². The maximum absolute atomic E-state index is 10.3. The van der Waals surface area contributed by atoms with E-state index in [0.717, 1.165) is 24.8 Å². The first-order valence-electron chi connectivity index (χ1n) is 6.29. The number of rotatable bonds is 7. The third kappa shape index (κ3) is 5.14. The molecule has 0 saturated carbocycles. The highest BCUT2D eigenvalue weighted by molar-refractivity contribution is 5.79. The maximum Gasteiger partial charge on any atom is 0.328 e. The minimum Gasteiger partial charge on any atom is -0.496 e. The Bertz CT molecular complexity index is 467. The largest absolute Gasteiger partial charge is 0.496 e. The zero-order chi connectivity index (χ0) is 14.3. The van der Waals surface area contributed by atoms with E-state index < -0.39 is 5.97 Å². The molecule has 0 unspecified atom stereocenters. The summed E-state index contributed by atoms with van der Waals surface area (Å²) in [6, 6.07) is 4.18. The van der Waals surface area contributed by atoms with E-state index in [2.05, 4.69) is 18.3 Å². The average Bonchev–Trinajstić information content (AvgIpc) is 2.34. The van der Waals surface area contributed by atoms with Crippen LogP contribution in [0.4, 0.5) is 0 Å². The summed E-state index contributed by atoms with van der Waals surface area (Å²) < 4.78 is 5.40. The molecule has 0 saturated heterocycles. The third-order valence-corrected chi connectivity index (χ3v) is 2.87. The van der Waals surface area contributed by atoms with E-state index >= 15 is 0 Å². The lowest BCUT2D eigenvalue weighted by Crippen LogP contribution is -2.18. The van der Waals surface area contributed by atoms with Gasteiger partial charge in [0.1, 0.15) is 5.75 Å². The van der Waals surface area contributed by atoms with Gasteiger partial charge in [0.25, 0.3) is 0 Å². The van der Waals surface area contributed by atoms with Crippen LogP contribution in [0.3, 0.4) is 0 Å². The number of carboxylic acid groups (broad SMARTS) is 1. The SMILES string of the molecule is COc1cc(C)cc(C)c1CCNC/C=C/C(=O)O. The Hall–Kier alpha value is -1.81. The molecule has 0 aliphatic carbocycles. The van der Waals surface area contributed by atoms with Crippen LogP contribution in [0.25, 0.3) is 0 Å². The van der Waals surface area contributed by atoms with Gasteiger partial charge in [-0.2, -0.15) is 0 Å². The predicted molar refractivity (Wildman–Crippen MR) is 75.8 cm³/mol. The van der Waals surface area contributed by atoms with Crippen LogP contribution in [-0.2, 0) is 11.2 Å². The number of carbonyl (C=O) groups is 1. The van der Waals surface area contributed by atoms with Gasteiger partial charge in [0.05, 0.1) is 7.11 Å². The van der Waals surface area contributed by atoms with Crippen LogP contribution in [0.1, 0.15) is 16.7 Å². The van der Waals surface area contributed by atoms with Crippen molar-refractivity contribution in [1.29, 1.82) is 0 Å². The lowest BCUT2D eigenvalue weighted by atomic mass is 10.0. The molecule has 0 heterocycles. The lowest BCUT2D eigenvalue weighted by molar-refractivity contribution is -0.131. The Morgan fingerprint density at radius 1 is 1.42 bits per heavy atom. The number of carboxylic acids is 1. The van der Waals surface area contributed by atoms with Gasteiger partial charge in [-0.1, -0.05) is 12.1 Å². The molecule has 4 heteroatoms. The smallest absolute Gasteiger partial charge is 0.328 e. The van der Waals surface area contributed by atoms with Crippen molar-refractivity contribution in [2.24, 2.45) is 0 Å². The molecule has 104 valence electrons. The summed E-state index contributed by atoms with van der Waals surface area (Å²) in [6.45, 7) is 5.47. The third-order valence-electron chi connectivity index (χ3n) is 2.87. The average molecular weight is 263 g/mol. The van der Waals surface area contributed by atoms with Gasteiger partial charge in [-0.3, -0.25) is 0 Å². The lowest BCUT2D eigenvalue weighted by Gasteiger charge is -2.13. The summed E-state index contributed by atoms with van der Waals surface area (Å²) in [7, 11) is 1.68. The van der Waals surface area contributed by atoms with Crippen LogP contribution >= 0.6 is 0 Å². The molecule has 1 rings (SSSR count). The van der Waals surface area contributed by atoms with E-state index in [9.17, 15) is 4.79 Å². The molecule has 1 aromatic rings. The van der Waals surface area contributed by atoms with Crippen molar-refractivity contribution in [3.05, 3.63) is 41.0 Å². The normalized spacial score (nSPS) is 10.9. The zero-order valence-corrected chi connectivity index (χ0v) is 11.7. The minimum atomic E-state index is -0.919. The molecular weight excluding hydrogens is 242 g/mol. The number of benzene rings is 1. The number of aliphatic carboxylic acids is 1. The molecule has 0 aromatic heterocycles. The highest BCUT2D eigenvalue weighted by Crippen LogP contribution is 2.24. The summed E-state index contributed by atoms with van der Waals surface area (Å²) in [5.41, 5.74) is 3.61. The van der Waals surface area contributed by atoms with Crippen molar-refractivity contribution in [2.45, 2.75) is 20.3 Å². The van der Waals surface area contributed by atoms with Gasteiger partial charge in [-0.25, -0.2) is 4.79 Å². The van der Waals surface area contributed by atoms with Gasteiger partial charge in [0.2, 0.25) is 0 Å². The van der Waals surface area contributed by atoms with Gasteiger partial charge in [-0.15, -0.1) is 0 Å². The first-order chi connectivity index (χ1) is 9.04. The van der Waals surface area contributed by atoms with E-state index in [4.69, 9.17) is 9.84 Å². The molecule has 0 amide bonds. The standard InChI is InChI=1S/C15H21NO3/c1-11-9-12(2)13(14(10-11)19-3)6-8-16-7-4-5-15(17)18/h4-5,9-10,16H,6-8H2,1-3H3,(H,17,18)/b5-4+. The summed E-state index contributed by atoms with van der Waals surface area (Å²) in [6.07, 6.45) is 3.60. The van der Waals surface area contributed by atoms with Crippen molar-refractivity contribution in [1.82, 2.24) is 5.32 Å². The van der Waals surface area contributed by atoms with Crippen molar-refractivity contribution in [3.63, 3.8) is 0 Å². The molecule has 0 atom stereocenters. The summed E-state index contributed by atoms with van der Waals surface area (Å²) in [5.74, 6) is -0.00164. The molecule has 0 fully saturated rings. The van der Waals surface area contributed by atoms with Gasteiger partial charge in [-0.05, 0) is 49.6 Å². The van der Waals surface area contributed by atoms with Crippen molar-refractivity contribution >= 4 is 5.97 Å². The molecule has 0 radical (unpaired) electrons. The van der Waals surface area contributed by atoms with Crippen LogP contribution in [0.15, 0.2) is 24.3 Å². The van der Waals surface area contributed by atoms with Crippen LogP contribution < -0.4 is 10.1 Å². The monoisotopic (exact) mass is 263 g/mol. The highest BCUT2D eigenvalue weighted by Gasteiger charge is 2.06. The highest BCUT2D eigenvalue weighted by atomic mass is 16.5. The van der Waals surface area contributed by atoms with E-state index in [1.54, 1.807) is 13.2 Å². The van der Waals surface area contributed by atoms with Crippen LogP contribution in [-0.4, -0.2) is 31.3 Å². The summed E-state index contributed by atoms with van der Waals surface area (Å²) in [5, 5.41) is 11.6. The Morgan fingerprint density at radius 2 is 2.16 bits per heavy atom. The molecule has 0 aliphatic rings. The second kappa shape index (κ2) is 7.59. The molecule has 4 nitrogen and oxygen atoms in total. The fourth-order valence-corrected chi connectivity index (χ4v) is 2.02. The fourth-order valence-electron chi connectivity index (χ4n) is 2.02. The minimum absolute atomic E-state index is 0.555. The Morgan fingerprint density at radius 3 is 2.79 bits per heavy atom. The van der Waals surface area contributed by atoms with Gasteiger partial charge >= 0.3 is 5.97 Å². The molecule has 19 heavy (non-hydrogen) atoms. The Labute approximate surface area is 114 Å². The summed E-state index contributed by atoms with van der Waals surface area (Å²) >= 11 is 0. The molecule has 2 N–H and O–H groups in total. The van der Waals surface area contributed by atoms with Crippen LogP contribution in [0, 0.1) is 13.8 Å².